The highest BCUT2D eigenvalue weighted by Gasteiger charge is 2.12. The molecule has 0 spiro atoms. The van der Waals surface area contributed by atoms with Crippen molar-refractivity contribution in [3.8, 4) is 11.5 Å². The molecule has 0 bridgehead atoms. The number of azo groups is 1. The van der Waals surface area contributed by atoms with Crippen LogP contribution in [0.25, 0.3) is 10.9 Å². The van der Waals surface area contributed by atoms with Crippen LogP contribution in [0.3, 0.4) is 0 Å². The first kappa shape index (κ1) is 14.0. The fraction of sp³-hybridized carbons (Fsp3) is 0.0625. The molecule has 0 aliphatic carbocycles. The molecule has 3 aromatic rings. The molecule has 1 aromatic heterocycles. The van der Waals surface area contributed by atoms with Gasteiger partial charge in [-0.25, -0.2) is 4.98 Å². The minimum atomic E-state index is -0.0424. The third kappa shape index (κ3) is 2.59. The monoisotopic (exact) mass is 294 g/mol. The van der Waals surface area contributed by atoms with Crippen molar-refractivity contribution in [1.29, 1.82) is 0 Å². The minimum Gasteiger partial charge on any atom is -0.507 e. The van der Waals surface area contributed by atoms with Gasteiger partial charge in [0.2, 0.25) is 0 Å². The molecule has 0 saturated carbocycles. The summed E-state index contributed by atoms with van der Waals surface area (Å²) in [5.41, 5.74) is 7.38. The summed E-state index contributed by atoms with van der Waals surface area (Å²) in [6.45, 7) is 0.165. The topological polar surface area (TPSA) is 104 Å². The van der Waals surface area contributed by atoms with E-state index in [-0.39, 0.29) is 23.6 Å². The Kier molecular flexibility index (Phi) is 3.67. The summed E-state index contributed by atoms with van der Waals surface area (Å²) < 4.78 is 0. The van der Waals surface area contributed by atoms with Gasteiger partial charge in [-0.1, -0.05) is 18.2 Å². The van der Waals surface area contributed by atoms with Crippen LogP contribution in [-0.4, -0.2) is 15.2 Å². The number of hydrogen-bond acceptors (Lipinski definition) is 6. The lowest BCUT2D eigenvalue weighted by Crippen LogP contribution is -1.99. The SMILES string of the molecule is NCc1cc(O)c2c(N=Nc3ccccc3)ccc(O)c2n1. The van der Waals surface area contributed by atoms with Crippen LogP contribution in [0.5, 0.6) is 11.5 Å². The summed E-state index contributed by atoms with van der Waals surface area (Å²) in [7, 11) is 0. The fourth-order valence-electron chi connectivity index (χ4n) is 2.14. The summed E-state index contributed by atoms with van der Waals surface area (Å²) in [5, 5.41) is 28.7. The number of aromatic nitrogens is 1. The van der Waals surface area contributed by atoms with E-state index in [0.717, 1.165) is 0 Å². The molecule has 0 aliphatic rings. The van der Waals surface area contributed by atoms with Gasteiger partial charge in [0.25, 0.3) is 0 Å². The van der Waals surface area contributed by atoms with E-state index in [1.165, 1.54) is 12.1 Å². The highest BCUT2D eigenvalue weighted by Crippen LogP contribution is 2.38. The minimum absolute atomic E-state index is 0.0386. The van der Waals surface area contributed by atoms with Gasteiger partial charge in [-0.2, -0.15) is 5.11 Å². The Morgan fingerprint density at radius 2 is 1.73 bits per heavy atom. The van der Waals surface area contributed by atoms with E-state index in [1.807, 2.05) is 30.3 Å². The first-order valence-electron chi connectivity index (χ1n) is 6.70. The highest BCUT2D eigenvalue weighted by atomic mass is 16.3. The second-order valence-electron chi connectivity index (χ2n) is 4.70. The zero-order valence-corrected chi connectivity index (χ0v) is 11.6. The first-order chi connectivity index (χ1) is 10.7. The zero-order chi connectivity index (χ0) is 15.5. The van der Waals surface area contributed by atoms with E-state index in [1.54, 1.807) is 6.07 Å². The Labute approximate surface area is 126 Å². The Hall–Kier alpha value is -2.99. The maximum atomic E-state index is 10.2. The van der Waals surface area contributed by atoms with Gasteiger partial charge in [0.1, 0.15) is 17.0 Å². The second kappa shape index (κ2) is 5.79. The van der Waals surface area contributed by atoms with Gasteiger partial charge in [-0.3, -0.25) is 0 Å². The van der Waals surface area contributed by atoms with Crippen LogP contribution in [0, 0.1) is 0 Å². The van der Waals surface area contributed by atoms with Crippen molar-refractivity contribution in [3.63, 3.8) is 0 Å². The number of rotatable bonds is 3. The number of pyridine rings is 1. The molecule has 110 valence electrons. The Bertz CT molecular complexity index is 848. The first-order valence-corrected chi connectivity index (χ1v) is 6.70. The van der Waals surface area contributed by atoms with Gasteiger partial charge in [-0.05, 0) is 24.3 Å². The van der Waals surface area contributed by atoms with Gasteiger partial charge in [0.05, 0.1) is 22.5 Å². The van der Waals surface area contributed by atoms with Crippen LogP contribution in [0.15, 0.2) is 58.8 Å². The smallest absolute Gasteiger partial charge is 0.142 e. The largest absolute Gasteiger partial charge is 0.507 e. The van der Waals surface area contributed by atoms with Crippen molar-refractivity contribution in [2.24, 2.45) is 16.0 Å². The maximum Gasteiger partial charge on any atom is 0.142 e. The zero-order valence-electron chi connectivity index (χ0n) is 11.6. The van der Waals surface area contributed by atoms with E-state index < -0.39 is 0 Å². The number of nitrogens with two attached hydrogens (primary N) is 1. The predicted molar refractivity (Wildman–Crippen MR) is 83.6 cm³/mol. The summed E-state index contributed by atoms with van der Waals surface area (Å²) in [5.74, 6) is -0.0809. The molecule has 0 radical (unpaired) electrons. The van der Waals surface area contributed by atoms with Gasteiger partial charge in [0, 0.05) is 12.6 Å². The molecule has 22 heavy (non-hydrogen) atoms. The van der Waals surface area contributed by atoms with Gasteiger partial charge in [-0.15, -0.1) is 5.11 Å². The normalized spacial score (nSPS) is 11.3. The van der Waals surface area contributed by atoms with E-state index in [9.17, 15) is 10.2 Å². The van der Waals surface area contributed by atoms with Crippen LogP contribution in [0.2, 0.25) is 0 Å². The fourth-order valence-corrected chi connectivity index (χ4v) is 2.14. The molecule has 1 heterocycles. The number of nitrogens with zero attached hydrogens (tertiary/aromatic N) is 3. The molecular weight excluding hydrogens is 280 g/mol. The number of aromatic hydroxyl groups is 2. The van der Waals surface area contributed by atoms with E-state index in [4.69, 9.17) is 5.73 Å². The van der Waals surface area contributed by atoms with Gasteiger partial charge >= 0.3 is 0 Å². The highest BCUT2D eigenvalue weighted by molar-refractivity contribution is 5.98. The standard InChI is InChI=1S/C16H14N4O2/c17-9-11-8-14(22)15-12(6-7-13(21)16(15)18-11)20-19-10-4-2-1-3-5-10/h1-8,21H,9,17H2,(H,18,22). The molecule has 3 rings (SSSR count). The molecule has 6 nitrogen and oxygen atoms in total. The molecular formula is C16H14N4O2. The van der Waals surface area contributed by atoms with Gasteiger partial charge in [0.15, 0.2) is 0 Å². The van der Waals surface area contributed by atoms with Crippen LogP contribution >= 0.6 is 0 Å². The molecule has 0 unspecified atom stereocenters. The number of phenolic OH excluding ortho intramolecular Hbond substituents is 1. The van der Waals surface area contributed by atoms with E-state index in [2.05, 4.69) is 15.2 Å². The molecule has 0 amide bonds. The third-order valence-corrected chi connectivity index (χ3v) is 3.19. The van der Waals surface area contributed by atoms with Gasteiger partial charge < -0.3 is 15.9 Å². The average Bonchev–Trinajstić information content (AvgIpc) is 2.55. The molecule has 0 saturated heterocycles. The predicted octanol–water partition coefficient (Wildman–Crippen LogP) is 3.52. The van der Waals surface area contributed by atoms with E-state index >= 15 is 0 Å². The summed E-state index contributed by atoms with van der Waals surface area (Å²) in [4.78, 5) is 4.23. The third-order valence-electron chi connectivity index (χ3n) is 3.19. The van der Waals surface area contributed by atoms with Crippen LogP contribution in [0.4, 0.5) is 11.4 Å². The lowest BCUT2D eigenvalue weighted by atomic mass is 10.1. The average molecular weight is 294 g/mol. The maximum absolute atomic E-state index is 10.2. The Morgan fingerprint density at radius 3 is 2.45 bits per heavy atom. The van der Waals surface area contributed by atoms with Crippen molar-refractivity contribution in [2.75, 3.05) is 0 Å². The van der Waals surface area contributed by atoms with Crippen molar-refractivity contribution >= 4 is 22.3 Å². The number of benzene rings is 2. The number of phenols is 1. The molecule has 0 aliphatic heterocycles. The van der Waals surface area contributed by atoms with Crippen molar-refractivity contribution < 1.29 is 10.2 Å². The van der Waals surface area contributed by atoms with Crippen LogP contribution < -0.4 is 5.73 Å². The molecule has 0 fully saturated rings. The van der Waals surface area contributed by atoms with Crippen molar-refractivity contribution in [3.05, 3.63) is 54.2 Å². The van der Waals surface area contributed by atoms with Crippen molar-refractivity contribution in [1.82, 2.24) is 4.98 Å². The lowest BCUT2D eigenvalue weighted by Gasteiger charge is -2.07. The van der Waals surface area contributed by atoms with Crippen LogP contribution in [0.1, 0.15) is 5.69 Å². The van der Waals surface area contributed by atoms with Crippen molar-refractivity contribution in [2.45, 2.75) is 6.54 Å². The molecule has 2 aromatic carbocycles. The summed E-state index contributed by atoms with van der Waals surface area (Å²) in [6, 6.07) is 13.7. The molecule has 4 N–H and O–H groups in total. The number of hydrogen-bond donors (Lipinski definition) is 3. The number of fused-ring (bicyclic) bond motifs is 1. The summed E-state index contributed by atoms with van der Waals surface area (Å²) in [6.07, 6.45) is 0. The van der Waals surface area contributed by atoms with E-state index in [0.29, 0.717) is 22.5 Å². The molecule has 6 heteroatoms. The van der Waals surface area contributed by atoms with Crippen LogP contribution in [-0.2, 0) is 6.54 Å². The second-order valence-corrected chi connectivity index (χ2v) is 4.70. The molecule has 0 atom stereocenters. The lowest BCUT2D eigenvalue weighted by molar-refractivity contribution is 0.473. The summed E-state index contributed by atoms with van der Waals surface area (Å²) >= 11 is 0. The Balaban J connectivity index is 2.15. The quantitative estimate of drug-likeness (QED) is 0.643. The Morgan fingerprint density at radius 1 is 0.955 bits per heavy atom.